The Kier molecular flexibility index (Phi) is 2.48. The van der Waals surface area contributed by atoms with Crippen LogP contribution in [0.15, 0.2) is 28.7 Å². The molecule has 1 aromatic carbocycles. The van der Waals surface area contributed by atoms with Gasteiger partial charge in [0.25, 0.3) is 5.91 Å². The van der Waals surface area contributed by atoms with Gasteiger partial charge in [0.1, 0.15) is 11.7 Å². The first kappa shape index (κ1) is 10.1. The molecule has 0 saturated carbocycles. The Morgan fingerprint density at radius 3 is 2.94 bits per heavy atom. The van der Waals surface area contributed by atoms with E-state index in [-0.39, 0.29) is 18.1 Å². The fraction of sp³-hybridized carbons (Fsp3) is 0.0909. The lowest BCUT2D eigenvalue weighted by Gasteiger charge is -2.00. The SMILES string of the molecule is N#Cc1oc2ccccc2c1OCC(N)=O. The predicted molar refractivity (Wildman–Crippen MR) is 55.6 cm³/mol. The largest absolute Gasteiger partial charge is 0.478 e. The topological polar surface area (TPSA) is 89.2 Å². The summed E-state index contributed by atoms with van der Waals surface area (Å²) in [5, 5.41) is 9.50. The molecule has 2 aromatic rings. The maximum absolute atomic E-state index is 10.6. The first-order chi connectivity index (χ1) is 7.72. The van der Waals surface area contributed by atoms with Gasteiger partial charge in [-0.05, 0) is 12.1 Å². The normalized spacial score (nSPS) is 9.94. The van der Waals surface area contributed by atoms with Crippen molar-refractivity contribution in [3.05, 3.63) is 30.0 Å². The molecule has 0 aliphatic heterocycles. The van der Waals surface area contributed by atoms with Crippen LogP contribution in [-0.2, 0) is 4.79 Å². The standard InChI is InChI=1S/C11H8N2O3/c12-5-9-11(15-6-10(13)14)7-3-1-2-4-8(7)16-9/h1-4H,6H2,(H2,13,14). The van der Waals surface area contributed by atoms with Crippen LogP contribution in [0.1, 0.15) is 5.76 Å². The summed E-state index contributed by atoms with van der Waals surface area (Å²) in [7, 11) is 0. The van der Waals surface area contributed by atoms with E-state index in [0.29, 0.717) is 11.0 Å². The first-order valence-corrected chi connectivity index (χ1v) is 4.55. The van der Waals surface area contributed by atoms with E-state index in [0.717, 1.165) is 0 Å². The lowest BCUT2D eigenvalue weighted by molar-refractivity contribution is -0.119. The summed E-state index contributed by atoms with van der Waals surface area (Å²) in [5.41, 5.74) is 5.51. The monoisotopic (exact) mass is 216 g/mol. The summed E-state index contributed by atoms with van der Waals surface area (Å²) in [6.07, 6.45) is 0. The van der Waals surface area contributed by atoms with Crippen molar-refractivity contribution >= 4 is 16.9 Å². The second kappa shape index (κ2) is 3.95. The number of ether oxygens (including phenoxy) is 1. The van der Waals surface area contributed by atoms with E-state index in [1.807, 2.05) is 6.07 Å². The molecule has 0 aliphatic rings. The highest BCUT2D eigenvalue weighted by Crippen LogP contribution is 2.32. The summed E-state index contributed by atoms with van der Waals surface area (Å²) in [4.78, 5) is 10.6. The van der Waals surface area contributed by atoms with E-state index >= 15 is 0 Å². The van der Waals surface area contributed by atoms with E-state index in [4.69, 9.17) is 20.1 Å². The average molecular weight is 216 g/mol. The maximum Gasteiger partial charge on any atom is 0.255 e. The number of hydrogen-bond donors (Lipinski definition) is 1. The molecule has 1 amide bonds. The van der Waals surface area contributed by atoms with Gasteiger partial charge in [0.2, 0.25) is 5.76 Å². The van der Waals surface area contributed by atoms with E-state index in [9.17, 15) is 4.79 Å². The molecule has 0 bridgehead atoms. The van der Waals surface area contributed by atoms with Crippen molar-refractivity contribution in [2.45, 2.75) is 0 Å². The fourth-order valence-corrected chi connectivity index (χ4v) is 1.38. The van der Waals surface area contributed by atoms with Crippen LogP contribution in [0.3, 0.4) is 0 Å². The summed E-state index contributed by atoms with van der Waals surface area (Å²) in [5.74, 6) is -0.298. The van der Waals surface area contributed by atoms with E-state index in [1.54, 1.807) is 24.3 Å². The molecule has 0 unspecified atom stereocenters. The molecule has 2 N–H and O–H groups in total. The Morgan fingerprint density at radius 1 is 1.50 bits per heavy atom. The average Bonchev–Trinajstić information content (AvgIpc) is 2.64. The zero-order valence-corrected chi connectivity index (χ0v) is 8.27. The number of carbonyl (C=O) groups excluding carboxylic acids is 1. The molecule has 1 aromatic heterocycles. The Balaban J connectivity index is 2.48. The zero-order chi connectivity index (χ0) is 11.5. The van der Waals surface area contributed by atoms with Crippen molar-refractivity contribution in [3.8, 4) is 11.8 Å². The van der Waals surface area contributed by atoms with Crippen molar-refractivity contribution < 1.29 is 13.9 Å². The number of carbonyl (C=O) groups is 1. The minimum atomic E-state index is -0.603. The van der Waals surface area contributed by atoms with E-state index in [1.165, 1.54) is 0 Å². The molecule has 5 heteroatoms. The van der Waals surface area contributed by atoms with Gasteiger partial charge >= 0.3 is 0 Å². The highest BCUT2D eigenvalue weighted by atomic mass is 16.5. The van der Waals surface area contributed by atoms with Gasteiger partial charge in [-0.1, -0.05) is 12.1 Å². The van der Waals surface area contributed by atoms with Gasteiger partial charge in [-0.25, -0.2) is 0 Å². The smallest absolute Gasteiger partial charge is 0.255 e. The maximum atomic E-state index is 10.6. The van der Waals surface area contributed by atoms with Crippen LogP contribution in [0, 0.1) is 11.3 Å². The van der Waals surface area contributed by atoms with Gasteiger partial charge in [-0.15, -0.1) is 0 Å². The van der Waals surface area contributed by atoms with Crippen LogP contribution in [0.4, 0.5) is 0 Å². The lowest BCUT2D eigenvalue weighted by atomic mass is 10.2. The number of nitrogens with zero attached hydrogens (tertiary/aromatic N) is 1. The summed E-state index contributed by atoms with van der Waals surface area (Å²) in [6.45, 7) is -0.280. The molecular formula is C11H8N2O3. The molecule has 0 saturated heterocycles. The van der Waals surface area contributed by atoms with Crippen LogP contribution < -0.4 is 10.5 Å². The second-order valence-corrected chi connectivity index (χ2v) is 3.12. The molecule has 0 aliphatic carbocycles. The Morgan fingerprint density at radius 2 is 2.25 bits per heavy atom. The molecule has 0 radical (unpaired) electrons. The number of para-hydroxylation sites is 1. The highest BCUT2D eigenvalue weighted by Gasteiger charge is 2.15. The number of fused-ring (bicyclic) bond motifs is 1. The van der Waals surface area contributed by atoms with Crippen LogP contribution in [0.5, 0.6) is 5.75 Å². The molecule has 0 spiro atoms. The third-order valence-electron chi connectivity index (χ3n) is 2.01. The van der Waals surface area contributed by atoms with Gasteiger partial charge in [0, 0.05) is 0 Å². The fourth-order valence-electron chi connectivity index (χ4n) is 1.38. The minimum absolute atomic E-state index is 0.0439. The van der Waals surface area contributed by atoms with Crippen LogP contribution in [0.2, 0.25) is 0 Å². The molecule has 2 rings (SSSR count). The van der Waals surface area contributed by atoms with Gasteiger partial charge < -0.3 is 14.9 Å². The van der Waals surface area contributed by atoms with E-state index < -0.39 is 5.91 Å². The van der Waals surface area contributed by atoms with Crippen LogP contribution in [-0.4, -0.2) is 12.5 Å². The van der Waals surface area contributed by atoms with Crippen molar-refractivity contribution in [3.63, 3.8) is 0 Å². The van der Waals surface area contributed by atoms with Crippen LogP contribution >= 0.6 is 0 Å². The summed E-state index contributed by atoms with van der Waals surface area (Å²) >= 11 is 0. The summed E-state index contributed by atoms with van der Waals surface area (Å²) < 4.78 is 10.4. The molecule has 5 nitrogen and oxygen atoms in total. The number of nitriles is 1. The third-order valence-corrected chi connectivity index (χ3v) is 2.01. The number of furan rings is 1. The first-order valence-electron chi connectivity index (χ1n) is 4.55. The molecular weight excluding hydrogens is 208 g/mol. The van der Waals surface area contributed by atoms with Crippen molar-refractivity contribution in [2.75, 3.05) is 6.61 Å². The second-order valence-electron chi connectivity index (χ2n) is 3.12. The van der Waals surface area contributed by atoms with Crippen molar-refractivity contribution in [1.82, 2.24) is 0 Å². The Labute approximate surface area is 91.0 Å². The quantitative estimate of drug-likeness (QED) is 0.833. The summed E-state index contributed by atoms with van der Waals surface area (Å²) in [6, 6.07) is 8.90. The minimum Gasteiger partial charge on any atom is -0.478 e. The number of nitrogens with two attached hydrogens (primary N) is 1. The van der Waals surface area contributed by atoms with Crippen molar-refractivity contribution in [1.29, 1.82) is 5.26 Å². The molecule has 0 atom stereocenters. The highest BCUT2D eigenvalue weighted by molar-refractivity contribution is 5.87. The van der Waals surface area contributed by atoms with E-state index in [2.05, 4.69) is 0 Å². The van der Waals surface area contributed by atoms with Gasteiger partial charge in [-0.3, -0.25) is 4.79 Å². The lowest BCUT2D eigenvalue weighted by Crippen LogP contribution is -2.20. The molecule has 0 fully saturated rings. The zero-order valence-electron chi connectivity index (χ0n) is 8.27. The van der Waals surface area contributed by atoms with Gasteiger partial charge in [0.05, 0.1) is 5.39 Å². The number of benzene rings is 1. The molecule has 1 heterocycles. The molecule has 16 heavy (non-hydrogen) atoms. The Bertz CT molecular complexity index is 580. The number of primary amides is 1. The number of rotatable bonds is 3. The van der Waals surface area contributed by atoms with Gasteiger partial charge in [0.15, 0.2) is 12.4 Å². The van der Waals surface area contributed by atoms with Gasteiger partial charge in [-0.2, -0.15) is 5.26 Å². The number of hydrogen-bond acceptors (Lipinski definition) is 4. The third kappa shape index (κ3) is 1.68. The predicted octanol–water partition coefficient (Wildman–Crippen LogP) is 1.17. The van der Waals surface area contributed by atoms with Crippen molar-refractivity contribution in [2.24, 2.45) is 5.73 Å². The molecule has 80 valence electrons. The number of amides is 1. The Hall–Kier alpha value is -2.48. The van der Waals surface area contributed by atoms with Crippen LogP contribution in [0.25, 0.3) is 11.0 Å².